The molecule has 0 bridgehead atoms. The van der Waals surface area contributed by atoms with E-state index >= 15 is 0 Å². The monoisotopic (exact) mass is 303 g/mol. The molecular weight excluding hydrogens is 278 g/mol. The van der Waals surface area contributed by atoms with Crippen molar-refractivity contribution in [2.24, 2.45) is 0 Å². The van der Waals surface area contributed by atoms with Crippen molar-refractivity contribution in [2.45, 2.75) is 43.9 Å². The fourth-order valence-corrected chi connectivity index (χ4v) is 3.96. The molecule has 2 saturated heterocycles. The van der Waals surface area contributed by atoms with Crippen molar-refractivity contribution < 1.29 is 13.2 Å². The predicted octanol–water partition coefficient (Wildman–Crippen LogP) is -0.479. The molecule has 0 radical (unpaired) electrons. The molecule has 0 aromatic rings. The molecule has 2 heterocycles. The van der Waals surface area contributed by atoms with Gasteiger partial charge in [0, 0.05) is 31.7 Å². The van der Waals surface area contributed by atoms with E-state index in [9.17, 15) is 8.42 Å². The molecule has 3 aliphatic rings. The highest BCUT2D eigenvalue weighted by molar-refractivity contribution is 7.89. The number of nitrogens with one attached hydrogen (secondary N) is 2. The molecular formula is C13H25N3O3S. The summed E-state index contributed by atoms with van der Waals surface area (Å²) < 4.78 is 32.2. The highest BCUT2D eigenvalue weighted by Gasteiger charge is 2.32. The summed E-state index contributed by atoms with van der Waals surface area (Å²) in [6.07, 6.45) is 4.81. The maximum Gasteiger partial charge on any atom is 0.212 e. The molecule has 2 N–H and O–H groups in total. The summed E-state index contributed by atoms with van der Waals surface area (Å²) >= 11 is 0. The first kappa shape index (κ1) is 14.7. The normalized spacial score (nSPS) is 31.4. The Kier molecular flexibility index (Phi) is 4.62. The topological polar surface area (TPSA) is 70.7 Å². The van der Waals surface area contributed by atoms with Gasteiger partial charge in [0.1, 0.15) is 0 Å². The average Bonchev–Trinajstić information content (AvgIpc) is 3.12. The second-order valence-corrected chi connectivity index (χ2v) is 8.07. The van der Waals surface area contributed by atoms with Crippen molar-refractivity contribution in [3.8, 4) is 0 Å². The molecule has 116 valence electrons. The van der Waals surface area contributed by atoms with E-state index in [2.05, 4.69) is 14.9 Å². The van der Waals surface area contributed by atoms with Crippen LogP contribution in [-0.2, 0) is 14.8 Å². The Morgan fingerprint density at radius 2 is 2.10 bits per heavy atom. The molecule has 2 aliphatic heterocycles. The zero-order valence-corrected chi connectivity index (χ0v) is 12.7. The Morgan fingerprint density at radius 1 is 1.25 bits per heavy atom. The predicted molar refractivity (Wildman–Crippen MR) is 77.1 cm³/mol. The number of morpholine rings is 1. The second kappa shape index (κ2) is 6.27. The maximum absolute atomic E-state index is 11.9. The van der Waals surface area contributed by atoms with E-state index in [1.165, 1.54) is 25.7 Å². The van der Waals surface area contributed by atoms with E-state index in [-0.39, 0.29) is 11.9 Å². The molecule has 3 rings (SSSR count). The van der Waals surface area contributed by atoms with Gasteiger partial charge in [-0.1, -0.05) is 0 Å². The van der Waals surface area contributed by atoms with Crippen molar-refractivity contribution in [1.82, 2.24) is 14.9 Å². The van der Waals surface area contributed by atoms with Crippen LogP contribution in [0.5, 0.6) is 0 Å². The summed E-state index contributed by atoms with van der Waals surface area (Å²) in [6, 6.07) is 1.12. The van der Waals surface area contributed by atoms with Crippen LogP contribution in [-0.4, -0.2) is 70.0 Å². The van der Waals surface area contributed by atoms with Crippen molar-refractivity contribution in [3.63, 3.8) is 0 Å². The van der Waals surface area contributed by atoms with Crippen LogP contribution in [0.2, 0.25) is 0 Å². The van der Waals surface area contributed by atoms with E-state index in [1.54, 1.807) is 0 Å². The maximum atomic E-state index is 11.9. The first-order valence-electron chi connectivity index (χ1n) is 7.69. The van der Waals surface area contributed by atoms with Crippen LogP contribution in [0.25, 0.3) is 0 Å². The summed E-state index contributed by atoms with van der Waals surface area (Å²) in [5, 5.41) is 3.22. The van der Waals surface area contributed by atoms with Gasteiger partial charge in [-0.25, -0.2) is 13.1 Å². The minimum atomic E-state index is -3.18. The van der Waals surface area contributed by atoms with Crippen molar-refractivity contribution in [1.29, 1.82) is 0 Å². The highest BCUT2D eigenvalue weighted by atomic mass is 32.2. The van der Waals surface area contributed by atoms with Crippen LogP contribution in [0.1, 0.15) is 25.7 Å². The first-order valence-corrected chi connectivity index (χ1v) is 9.34. The minimum absolute atomic E-state index is 0.00415. The Hall–Kier alpha value is -0.210. The number of hydrogen-bond acceptors (Lipinski definition) is 5. The van der Waals surface area contributed by atoms with Gasteiger partial charge in [0.05, 0.1) is 18.5 Å². The number of hydrogen-bond donors (Lipinski definition) is 2. The molecule has 0 spiro atoms. The molecule has 0 amide bonds. The second-order valence-electron chi connectivity index (χ2n) is 6.14. The standard InChI is InChI=1S/C13H25N3O3S/c17-20(18,7-5-14-11-3-4-11)15-8-13-9-16-6-1-2-12(16)10-19-13/h11-15H,1-10H2. The molecule has 3 fully saturated rings. The summed E-state index contributed by atoms with van der Waals surface area (Å²) in [5.74, 6) is 0.155. The van der Waals surface area contributed by atoms with E-state index in [1.807, 2.05) is 0 Å². The summed E-state index contributed by atoms with van der Waals surface area (Å²) in [7, 11) is -3.18. The zero-order valence-electron chi connectivity index (χ0n) is 11.9. The molecule has 20 heavy (non-hydrogen) atoms. The Morgan fingerprint density at radius 3 is 2.90 bits per heavy atom. The van der Waals surface area contributed by atoms with E-state index < -0.39 is 10.0 Å². The molecule has 6 nitrogen and oxygen atoms in total. The molecule has 1 saturated carbocycles. The van der Waals surface area contributed by atoms with E-state index in [4.69, 9.17) is 4.74 Å². The number of ether oxygens (including phenoxy) is 1. The largest absolute Gasteiger partial charge is 0.374 e. The van der Waals surface area contributed by atoms with Crippen molar-refractivity contribution in [3.05, 3.63) is 0 Å². The summed E-state index contributed by atoms with van der Waals surface area (Å²) in [6.45, 7) is 3.67. The van der Waals surface area contributed by atoms with Gasteiger partial charge in [0.15, 0.2) is 0 Å². The van der Waals surface area contributed by atoms with Gasteiger partial charge in [0.2, 0.25) is 10.0 Å². The lowest BCUT2D eigenvalue weighted by atomic mass is 10.2. The van der Waals surface area contributed by atoms with Gasteiger partial charge >= 0.3 is 0 Å². The van der Waals surface area contributed by atoms with Gasteiger partial charge in [-0.2, -0.15) is 0 Å². The molecule has 7 heteroatoms. The average molecular weight is 303 g/mol. The Bertz CT molecular complexity index is 425. The summed E-state index contributed by atoms with van der Waals surface area (Å²) in [4.78, 5) is 2.43. The van der Waals surface area contributed by atoms with Crippen LogP contribution in [0.3, 0.4) is 0 Å². The fourth-order valence-electron chi connectivity index (χ4n) is 2.99. The SMILES string of the molecule is O=S(=O)(CCNC1CC1)NCC1CN2CCCC2CO1. The minimum Gasteiger partial charge on any atom is -0.374 e. The summed E-state index contributed by atoms with van der Waals surface area (Å²) in [5.41, 5.74) is 0. The van der Waals surface area contributed by atoms with Crippen molar-refractivity contribution in [2.75, 3.05) is 38.5 Å². The fraction of sp³-hybridized carbons (Fsp3) is 1.00. The number of rotatable bonds is 7. The smallest absolute Gasteiger partial charge is 0.212 e. The lowest BCUT2D eigenvalue weighted by Crippen LogP contribution is -2.50. The number of sulfonamides is 1. The van der Waals surface area contributed by atoms with Gasteiger partial charge in [-0.15, -0.1) is 0 Å². The number of fused-ring (bicyclic) bond motifs is 1. The highest BCUT2D eigenvalue weighted by Crippen LogP contribution is 2.22. The zero-order chi connectivity index (χ0) is 14.0. The van der Waals surface area contributed by atoms with Crippen LogP contribution in [0.4, 0.5) is 0 Å². The van der Waals surface area contributed by atoms with E-state index in [0.717, 1.165) is 19.7 Å². The molecule has 2 unspecified atom stereocenters. The van der Waals surface area contributed by atoms with Crippen LogP contribution in [0, 0.1) is 0 Å². The Balaban J connectivity index is 1.37. The van der Waals surface area contributed by atoms with Gasteiger partial charge in [0.25, 0.3) is 0 Å². The number of nitrogens with zero attached hydrogens (tertiary/aromatic N) is 1. The third-order valence-corrected chi connectivity index (χ3v) is 5.72. The third kappa shape index (κ3) is 4.14. The first-order chi connectivity index (χ1) is 9.62. The van der Waals surface area contributed by atoms with Crippen LogP contribution < -0.4 is 10.0 Å². The van der Waals surface area contributed by atoms with E-state index in [0.29, 0.717) is 25.2 Å². The molecule has 0 aromatic heterocycles. The lowest BCUT2D eigenvalue weighted by Gasteiger charge is -2.35. The molecule has 2 atom stereocenters. The third-order valence-electron chi connectivity index (χ3n) is 4.37. The van der Waals surface area contributed by atoms with Gasteiger partial charge in [-0.05, 0) is 32.2 Å². The molecule has 0 aromatic carbocycles. The molecule has 1 aliphatic carbocycles. The quantitative estimate of drug-likeness (QED) is 0.665. The van der Waals surface area contributed by atoms with Crippen molar-refractivity contribution >= 4 is 10.0 Å². The van der Waals surface area contributed by atoms with Crippen LogP contribution >= 0.6 is 0 Å². The van der Waals surface area contributed by atoms with Gasteiger partial charge in [-0.3, -0.25) is 4.90 Å². The van der Waals surface area contributed by atoms with Gasteiger partial charge < -0.3 is 10.1 Å². The Labute approximate surface area is 121 Å². The lowest BCUT2D eigenvalue weighted by molar-refractivity contribution is -0.0448. The van der Waals surface area contributed by atoms with Crippen LogP contribution in [0.15, 0.2) is 0 Å².